The Labute approximate surface area is 120 Å². The summed E-state index contributed by atoms with van der Waals surface area (Å²) < 4.78 is 32.2. The highest BCUT2D eigenvalue weighted by Gasteiger charge is 2.08. The first-order valence-corrected chi connectivity index (χ1v) is 6.12. The number of hydrogen-bond acceptors (Lipinski definition) is 3. The maximum absolute atomic E-state index is 13.7. The zero-order valence-corrected chi connectivity index (χ0v) is 11.2. The molecule has 2 aromatic carbocycles. The molecule has 0 heterocycles. The van der Waals surface area contributed by atoms with Crippen LogP contribution in [0.4, 0.5) is 8.78 Å². The molecule has 2 aromatic rings. The van der Waals surface area contributed by atoms with E-state index in [-0.39, 0.29) is 29.3 Å². The Bertz CT molecular complexity index is 736. The van der Waals surface area contributed by atoms with E-state index in [2.05, 4.69) is 0 Å². The summed E-state index contributed by atoms with van der Waals surface area (Å²) in [5.74, 6) is -1.51. The van der Waals surface area contributed by atoms with Gasteiger partial charge in [0.1, 0.15) is 12.4 Å². The summed E-state index contributed by atoms with van der Waals surface area (Å²) >= 11 is 0. The Morgan fingerprint density at radius 3 is 2.62 bits per heavy atom. The molecule has 0 fully saturated rings. The molecule has 0 spiro atoms. The first-order valence-electron chi connectivity index (χ1n) is 6.12. The van der Waals surface area contributed by atoms with Crippen LogP contribution in [-0.4, -0.2) is 5.78 Å². The molecular formula is C16H11F2NO2. The van der Waals surface area contributed by atoms with E-state index in [1.54, 1.807) is 0 Å². The average molecular weight is 287 g/mol. The Hall–Kier alpha value is -2.74. The first kappa shape index (κ1) is 14.7. The Morgan fingerprint density at radius 2 is 2.00 bits per heavy atom. The minimum atomic E-state index is -0.667. The van der Waals surface area contributed by atoms with Gasteiger partial charge in [0.15, 0.2) is 17.3 Å². The van der Waals surface area contributed by atoms with Crippen molar-refractivity contribution in [1.29, 1.82) is 5.26 Å². The molecule has 0 radical (unpaired) electrons. The molecule has 0 bridgehead atoms. The Morgan fingerprint density at radius 1 is 1.24 bits per heavy atom. The van der Waals surface area contributed by atoms with Crippen molar-refractivity contribution in [3.05, 3.63) is 64.7 Å². The quantitative estimate of drug-likeness (QED) is 0.807. The number of hydrogen-bond donors (Lipinski definition) is 0. The van der Waals surface area contributed by atoms with Crippen molar-refractivity contribution in [3.63, 3.8) is 0 Å². The largest absolute Gasteiger partial charge is 0.486 e. The van der Waals surface area contributed by atoms with Gasteiger partial charge in [-0.25, -0.2) is 8.78 Å². The standard InChI is InChI=1S/C16H11F2NO2/c1-10(20)13-2-3-16(15(18)7-13)21-9-12-4-11(8-19)5-14(17)6-12/h2-7H,9H2,1H3. The lowest BCUT2D eigenvalue weighted by atomic mass is 10.1. The fourth-order valence-electron chi connectivity index (χ4n) is 1.80. The number of ketones is 1. The topological polar surface area (TPSA) is 50.1 Å². The van der Waals surface area contributed by atoms with E-state index in [0.717, 1.165) is 12.1 Å². The number of Topliss-reactive ketones (excluding diaryl/α,β-unsaturated/α-hetero) is 1. The third kappa shape index (κ3) is 3.63. The highest BCUT2D eigenvalue weighted by Crippen LogP contribution is 2.20. The van der Waals surface area contributed by atoms with Crippen LogP contribution in [0.3, 0.4) is 0 Å². The number of nitriles is 1. The number of halogens is 2. The molecule has 21 heavy (non-hydrogen) atoms. The van der Waals surface area contributed by atoms with E-state index in [9.17, 15) is 13.6 Å². The van der Waals surface area contributed by atoms with Crippen LogP contribution in [0.1, 0.15) is 28.4 Å². The maximum Gasteiger partial charge on any atom is 0.165 e. The molecule has 2 rings (SSSR count). The molecule has 0 amide bonds. The predicted molar refractivity (Wildman–Crippen MR) is 71.9 cm³/mol. The fraction of sp³-hybridized carbons (Fsp3) is 0.125. The summed E-state index contributed by atoms with van der Waals surface area (Å²) in [7, 11) is 0. The molecule has 0 aliphatic heterocycles. The van der Waals surface area contributed by atoms with Crippen LogP contribution in [0.25, 0.3) is 0 Å². The van der Waals surface area contributed by atoms with Crippen molar-refractivity contribution in [3.8, 4) is 11.8 Å². The second-order valence-corrected chi connectivity index (χ2v) is 4.45. The van der Waals surface area contributed by atoms with Crippen molar-refractivity contribution in [2.24, 2.45) is 0 Å². The predicted octanol–water partition coefficient (Wildman–Crippen LogP) is 3.62. The van der Waals surface area contributed by atoms with Crippen LogP contribution in [0.2, 0.25) is 0 Å². The van der Waals surface area contributed by atoms with Crippen LogP contribution in [0.5, 0.6) is 5.75 Å². The van der Waals surface area contributed by atoms with E-state index in [0.29, 0.717) is 5.56 Å². The number of carbonyl (C=O) groups is 1. The number of rotatable bonds is 4. The van der Waals surface area contributed by atoms with Crippen LogP contribution in [-0.2, 0) is 6.61 Å². The molecule has 106 valence electrons. The third-order valence-corrected chi connectivity index (χ3v) is 2.82. The van der Waals surface area contributed by atoms with E-state index in [1.807, 2.05) is 6.07 Å². The third-order valence-electron chi connectivity index (χ3n) is 2.82. The summed E-state index contributed by atoms with van der Waals surface area (Å²) in [5, 5.41) is 8.75. The minimum absolute atomic E-state index is 0.0391. The Kier molecular flexibility index (Phi) is 4.29. The van der Waals surface area contributed by atoms with Gasteiger partial charge >= 0.3 is 0 Å². The van der Waals surface area contributed by atoms with Gasteiger partial charge in [0.2, 0.25) is 0 Å². The molecule has 0 aliphatic carbocycles. The molecule has 5 heteroatoms. The van der Waals surface area contributed by atoms with Gasteiger partial charge < -0.3 is 4.74 Å². The van der Waals surface area contributed by atoms with Gasteiger partial charge in [-0.2, -0.15) is 5.26 Å². The second kappa shape index (κ2) is 6.14. The van der Waals surface area contributed by atoms with E-state index in [1.165, 1.54) is 31.2 Å². The van der Waals surface area contributed by atoms with Gasteiger partial charge in [-0.05, 0) is 48.9 Å². The summed E-state index contributed by atoms with van der Waals surface area (Å²) in [6.07, 6.45) is 0. The molecule has 0 unspecified atom stereocenters. The SMILES string of the molecule is CC(=O)c1ccc(OCc2cc(F)cc(C#N)c2)c(F)c1. The highest BCUT2D eigenvalue weighted by molar-refractivity contribution is 5.94. The van der Waals surface area contributed by atoms with Crippen LogP contribution < -0.4 is 4.74 Å². The maximum atomic E-state index is 13.7. The lowest BCUT2D eigenvalue weighted by molar-refractivity contribution is 0.101. The zero-order valence-electron chi connectivity index (χ0n) is 11.2. The van der Waals surface area contributed by atoms with Gasteiger partial charge in [-0.1, -0.05) is 0 Å². The molecule has 3 nitrogen and oxygen atoms in total. The normalized spacial score (nSPS) is 10.0. The van der Waals surface area contributed by atoms with Crippen molar-refractivity contribution >= 4 is 5.78 Å². The second-order valence-electron chi connectivity index (χ2n) is 4.45. The summed E-state index contributed by atoms with van der Waals surface area (Å²) in [4.78, 5) is 11.1. The lowest BCUT2D eigenvalue weighted by Crippen LogP contribution is -2.00. The summed E-state index contributed by atoms with van der Waals surface area (Å²) in [6, 6.07) is 9.49. The molecule has 0 N–H and O–H groups in total. The summed E-state index contributed by atoms with van der Waals surface area (Å²) in [5.41, 5.74) is 0.833. The minimum Gasteiger partial charge on any atom is -0.486 e. The van der Waals surface area contributed by atoms with Gasteiger partial charge in [0, 0.05) is 5.56 Å². The Balaban J connectivity index is 2.15. The van der Waals surface area contributed by atoms with Crippen molar-refractivity contribution in [1.82, 2.24) is 0 Å². The van der Waals surface area contributed by atoms with Crippen molar-refractivity contribution in [2.75, 3.05) is 0 Å². The highest BCUT2D eigenvalue weighted by atomic mass is 19.1. The van der Waals surface area contributed by atoms with Crippen LogP contribution in [0.15, 0.2) is 36.4 Å². The molecule has 0 saturated heterocycles. The molecule has 0 saturated carbocycles. The van der Waals surface area contributed by atoms with E-state index >= 15 is 0 Å². The first-order chi connectivity index (χ1) is 9.99. The molecule has 0 aliphatic rings. The van der Waals surface area contributed by atoms with Gasteiger partial charge in [0.05, 0.1) is 11.6 Å². The number of ether oxygens (including phenoxy) is 1. The number of benzene rings is 2. The number of nitrogens with zero attached hydrogens (tertiary/aromatic N) is 1. The van der Waals surface area contributed by atoms with E-state index in [4.69, 9.17) is 10.00 Å². The van der Waals surface area contributed by atoms with Gasteiger partial charge in [0.25, 0.3) is 0 Å². The van der Waals surface area contributed by atoms with Gasteiger partial charge in [-0.15, -0.1) is 0 Å². The number of carbonyl (C=O) groups excluding carboxylic acids is 1. The van der Waals surface area contributed by atoms with E-state index < -0.39 is 11.6 Å². The van der Waals surface area contributed by atoms with Crippen molar-refractivity contribution < 1.29 is 18.3 Å². The molecule has 0 aromatic heterocycles. The monoisotopic (exact) mass is 287 g/mol. The molecular weight excluding hydrogens is 276 g/mol. The molecule has 0 atom stereocenters. The lowest BCUT2D eigenvalue weighted by Gasteiger charge is -2.08. The average Bonchev–Trinajstić information content (AvgIpc) is 2.45. The smallest absolute Gasteiger partial charge is 0.165 e. The van der Waals surface area contributed by atoms with Gasteiger partial charge in [-0.3, -0.25) is 4.79 Å². The fourth-order valence-corrected chi connectivity index (χ4v) is 1.80. The van der Waals surface area contributed by atoms with Crippen LogP contribution in [0, 0.1) is 23.0 Å². The summed E-state index contributed by atoms with van der Waals surface area (Å²) in [6.45, 7) is 1.26. The van der Waals surface area contributed by atoms with Crippen LogP contribution >= 0.6 is 0 Å². The zero-order chi connectivity index (χ0) is 15.4. The van der Waals surface area contributed by atoms with Crippen molar-refractivity contribution in [2.45, 2.75) is 13.5 Å².